The van der Waals surface area contributed by atoms with E-state index in [2.05, 4.69) is 20.6 Å². The lowest BCUT2D eigenvalue weighted by Crippen LogP contribution is -2.23. The molecule has 6 nitrogen and oxygen atoms in total. The van der Waals surface area contributed by atoms with Crippen molar-refractivity contribution in [2.75, 3.05) is 0 Å². The van der Waals surface area contributed by atoms with E-state index in [4.69, 9.17) is 0 Å². The standard InChI is InChI=1S/C19H17N5O/c1-13-7-8-17-16(9-13)18(23-22-17)19(25)20-10-14-11-21-24(12-14)15-5-3-2-4-6-15/h2-9,11-12H,10H2,1H3,(H,20,25)(H,22,23). The van der Waals surface area contributed by atoms with Crippen molar-refractivity contribution in [1.29, 1.82) is 0 Å². The summed E-state index contributed by atoms with van der Waals surface area (Å²) in [4.78, 5) is 12.5. The third-order valence-corrected chi connectivity index (χ3v) is 4.04. The van der Waals surface area contributed by atoms with Crippen LogP contribution >= 0.6 is 0 Å². The number of H-pyrrole nitrogens is 1. The Morgan fingerprint density at radius 1 is 1.20 bits per heavy atom. The fourth-order valence-corrected chi connectivity index (χ4v) is 2.74. The third-order valence-electron chi connectivity index (χ3n) is 4.04. The molecule has 2 aromatic carbocycles. The Bertz CT molecular complexity index is 1030. The smallest absolute Gasteiger partial charge is 0.272 e. The maximum Gasteiger partial charge on any atom is 0.272 e. The van der Waals surface area contributed by atoms with Crippen LogP contribution in [0.25, 0.3) is 16.6 Å². The Balaban J connectivity index is 1.48. The van der Waals surface area contributed by atoms with Crippen LogP contribution < -0.4 is 5.32 Å². The number of aryl methyl sites for hydroxylation is 1. The molecule has 4 rings (SSSR count). The average molecular weight is 331 g/mol. The van der Waals surface area contributed by atoms with Crippen molar-refractivity contribution in [3.63, 3.8) is 0 Å². The monoisotopic (exact) mass is 331 g/mol. The molecule has 0 saturated heterocycles. The van der Waals surface area contributed by atoms with E-state index in [9.17, 15) is 4.79 Å². The SMILES string of the molecule is Cc1ccc2[nH]nc(C(=O)NCc3cnn(-c4ccccc4)c3)c2c1. The van der Waals surface area contributed by atoms with Gasteiger partial charge in [-0.1, -0.05) is 29.8 Å². The van der Waals surface area contributed by atoms with Crippen molar-refractivity contribution < 1.29 is 4.79 Å². The molecule has 2 N–H and O–H groups in total. The van der Waals surface area contributed by atoms with E-state index in [1.54, 1.807) is 10.9 Å². The van der Waals surface area contributed by atoms with Crippen LogP contribution in [0.2, 0.25) is 0 Å². The fourth-order valence-electron chi connectivity index (χ4n) is 2.74. The number of nitrogens with one attached hydrogen (secondary N) is 2. The molecule has 6 heteroatoms. The molecule has 0 aliphatic rings. The van der Waals surface area contributed by atoms with Gasteiger partial charge in [-0.05, 0) is 31.2 Å². The number of hydrogen-bond donors (Lipinski definition) is 2. The van der Waals surface area contributed by atoms with E-state index < -0.39 is 0 Å². The molecule has 0 fully saturated rings. The summed E-state index contributed by atoms with van der Waals surface area (Å²) in [5, 5.41) is 15.1. The number of fused-ring (bicyclic) bond motifs is 1. The van der Waals surface area contributed by atoms with Gasteiger partial charge in [-0.3, -0.25) is 9.89 Å². The highest BCUT2D eigenvalue weighted by molar-refractivity contribution is 6.04. The predicted molar refractivity (Wildman–Crippen MR) is 95.6 cm³/mol. The van der Waals surface area contributed by atoms with Crippen LogP contribution in [0.5, 0.6) is 0 Å². The molecule has 0 aliphatic heterocycles. The summed E-state index contributed by atoms with van der Waals surface area (Å²) in [6.07, 6.45) is 3.66. The first-order valence-electron chi connectivity index (χ1n) is 8.02. The Morgan fingerprint density at radius 2 is 2.04 bits per heavy atom. The summed E-state index contributed by atoms with van der Waals surface area (Å²) in [6.45, 7) is 2.39. The van der Waals surface area contributed by atoms with Crippen molar-refractivity contribution in [3.8, 4) is 5.69 Å². The van der Waals surface area contributed by atoms with Crippen LogP contribution in [0.4, 0.5) is 0 Å². The number of rotatable bonds is 4. The normalized spacial score (nSPS) is 10.9. The molecular formula is C19H17N5O. The van der Waals surface area contributed by atoms with Crippen LogP contribution in [0.15, 0.2) is 60.9 Å². The first kappa shape index (κ1) is 15.1. The van der Waals surface area contributed by atoms with Gasteiger partial charge in [-0.25, -0.2) is 4.68 Å². The highest BCUT2D eigenvalue weighted by Gasteiger charge is 2.14. The molecule has 4 aromatic rings. The molecule has 0 atom stereocenters. The van der Waals surface area contributed by atoms with Crippen molar-refractivity contribution >= 4 is 16.8 Å². The van der Waals surface area contributed by atoms with E-state index in [-0.39, 0.29) is 5.91 Å². The number of amides is 1. The zero-order valence-corrected chi connectivity index (χ0v) is 13.7. The number of benzene rings is 2. The van der Waals surface area contributed by atoms with Crippen LogP contribution in [0.3, 0.4) is 0 Å². The molecule has 0 saturated carbocycles. The number of aromatic amines is 1. The van der Waals surface area contributed by atoms with Gasteiger partial charge < -0.3 is 5.32 Å². The van der Waals surface area contributed by atoms with Crippen molar-refractivity contribution in [3.05, 3.63) is 77.7 Å². The second kappa shape index (κ2) is 6.24. The quantitative estimate of drug-likeness (QED) is 0.603. The van der Waals surface area contributed by atoms with Crippen molar-refractivity contribution in [2.24, 2.45) is 0 Å². The minimum atomic E-state index is -0.204. The van der Waals surface area contributed by atoms with Gasteiger partial charge in [0.2, 0.25) is 0 Å². The van der Waals surface area contributed by atoms with Gasteiger partial charge in [0.15, 0.2) is 5.69 Å². The van der Waals surface area contributed by atoms with Crippen LogP contribution in [-0.2, 0) is 6.54 Å². The van der Waals surface area contributed by atoms with Crippen LogP contribution in [0, 0.1) is 6.92 Å². The number of aromatic nitrogens is 4. The Morgan fingerprint density at radius 3 is 2.88 bits per heavy atom. The highest BCUT2D eigenvalue weighted by atomic mass is 16.1. The average Bonchev–Trinajstić information content (AvgIpc) is 3.27. The summed E-state index contributed by atoms with van der Waals surface area (Å²) in [7, 11) is 0. The van der Waals surface area contributed by atoms with Gasteiger partial charge in [0.1, 0.15) is 0 Å². The molecule has 1 amide bonds. The highest BCUT2D eigenvalue weighted by Crippen LogP contribution is 2.17. The van der Waals surface area contributed by atoms with Crippen LogP contribution in [0.1, 0.15) is 21.6 Å². The minimum absolute atomic E-state index is 0.204. The largest absolute Gasteiger partial charge is 0.346 e. The van der Waals surface area contributed by atoms with Gasteiger partial charge in [0, 0.05) is 23.7 Å². The van der Waals surface area contributed by atoms with E-state index in [0.29, 0.717) is 12.2 Å². The Labute approximate surface area is 144 Å². The number of hydrogen-bond acceptors (Lipinski definition) is 3. The Hall–Kier alpha value is -3.41. The molecule has 2 aromatic heterocycles. The maximum absolute atomic E-state index is 12.5. The van der Waals surface area contributed by atoms with E-state index in [1.165, 1.54) is 0 Å². The van der Waals surface area contributed by atoms with Gasteiger partial charge >= 0.3 is 0 Å². The predicted octanol–water partition coefficient (Wildman–Crippen LogP) is 2.99. The van der Waals surface area contributed by atoms with Crippen LogP contribution in [-0.4, -0.2) is 25.9 Å². The minimum Gasteiger partial charge on any atom is -0.346 e. The van der Waals surface area contributed by atoms with Gasteiger partial charge in [0.05, 0.1) is 17.4 Å². The van der Waals surface area contributed by atoms with Gasteiger partial charge in [-0.15, -0.1) is 0 Å². The summed E-state index contributed by atoms with van der Waals surface area (Å²) in [5.74, 6) is -0.204. The van der Waals surface area contributed by atoms with E-state index in [1.807, 2.05) is 61.7 Å². The lowest BCUT2D eigenvalue weighted by Gasteiger charge is -2.02. The summed E-state index contributed by atoms with van der Waals surface area (Å²) in [5.41, 5.74) is 4.26. The second-order valence-electron chi connectivity index (χ2n) is 5.93. The second-order valence-corrected chi connectivity index (χ2v) is 5.93. The molecule has 124 valence electrons. The summed E-state index contributed by atoms with van der Waals surface area (Å²) >= 11 is 0. The molecule has 0 aliphatic carbocycles. The lowest BCUT2D eigenvalue weighted by molar-refractivity contribution is 0.0947. The zero-order valence-electron chi connectivity index (χ0n) is 13.7. The van der Waals surface area contributed by atoms with E-state index >= 15 is 0 Å². The molecule has 0 unspecified atom stereocenters. The fraction of sp³-hybridized carbons (Fsp3) is 0.105. The molecular weight excluding hydrogens is 314 g/mol. The summed E-state index contributed by atoms with van der Waals surface area (Å²) in [6, 6.07) is 15.7. The first-order chi connectivity index (χ1) is 12.2. The molecule has 2 heterocycles. The van der Waals surface area contributed by atoms with Gasteiger partial charge in [-0.2, -0.15) is 10.2 Å². The number of carbonyl (C=O) groups excluding carboxylic acids is 1. The maximum atomic E-state index is 12.5. The summed E-state index contributed by atoms with van der Waals surface area (Å²) < 4.78 is 1.79. The van der Waals surface area contributed by atoms with Crippen molar-refractivity contribution in [2.45, 2.75) is 13.5 Å². The van der Waals surface area contributed by atoms with Gasteiger partial charge in [0.25, 0.3) is 5.91 Å². The van der Waals surface area contributed by atoms with E-state index in [0.717, 1.165) is 27.7 Å². The first-order valence-corrected chi connectivity index (χ1v) is 8.02. The lowest BCUT2D eigenvalue weighted by atomic mass is 10.1. The zero-order chi connectivity index (χ0) is 17.2. The molecule has 0 bridgehead atoms. The number of carbonyl (C=O) groups is 1. The molecule has 25 heavy (non-hydrogen) atoms. The Kier molecular flexibility index (Phi) is 3.78. The molecule has 0 spiro atoms. The third kappa shape index (κ3) is 3.01. The molecule has 0 radical (unpaired) electrons. The number of para-hydroxylation sites is 1. The van der Waals surface area contributed by atoms with Crippen molar-refractivity contribution in [1.82, 2.24) is 25.3 Å². The number of nitrogens with zero attached hydrogens (tertiary/aromatic N) is 3. The topological polar surface area (TPSA) is 75.6 Å².